The van der Waals surface area contributed by atoms with Gasteiger partial charge in [-0.2, -0.15) is 0 Å². The number of rotatable bonds is 6. The molecule has 2 aromatic carbocycles. The Morgan fingerprint density at radius 1 is 1.17 bits per heavy atom. The smallest absolute Gasteiger partial charge is 0.252 e. The number of benzene rings is 2. The van der Waals surface area contributed by atoms with Crippen molar-refractivity contribution in [3.8, 4) is 5.75 Å². The van der Waals surface area contributed by atoms with Crippen LogP contribution in [0, 0.1) is 0 Å². The first-order valence-corrected chi connectivity index (χ1v) is 7.61. The Morgan fingerprint density at radius 3 is 2.48 bits per heavy atom. The minimum atomic E-state index is -0.490. The van der Waals surface area contributed by atoms with Gasteiger partial charge in [0.1, 0.15) is 5.75 Å². The highest BCUT2D eigenvalue weighted by atomic mass is 35.5. The summed E-state index contributed by atoms with van der Waals surface area (Å²) in [6.07, 6.45) is 0. The highest BCUT2D eigenvalue weighted by Crippen LogP contribution is 2.26. The van der Waals surface area contributed by atoms with Crippen molar-refractivity contribution in [1.82, 2.24) is 5.32 Å². The normalized spacial score (nSPS) is 11.1. The van der Waals surface area contributed by atoms with Gasteiger partial charge in [0.05, 0.1) is 10.6 Å². The molecule has 0 aliphatic carbocycles. The number of ether oxygens (including phenoxy) is 2. The number of carbonyl (C=O) groups excluding carboxylic acids is 1. The molecule has 23 heavy (non-hydrogen) atoms. The van der Waals surface area contributed by atoms with E-state index in [2.05, 4.69) is 5.32 Å². The van der Waals surface area contributed by atoms with E-state index in [1.807, 2.05) is 44.2 Å². The molecular formula is C18H20ClNO3. The summed E-state index contributed by atoms with van der Waals surface area (Å²) in [7, 11) is 1.53. The molecule has 0 heterocycles. The third-order valence-corrected chi connectivity index (χ3v) is 3.74. The van der Waals surface area contributed by atoms with Gasteiger partial charge in [-0.25, -0.2) is 0 Å². The molecule has 2 aromatic rings. The van der Waals surface area contributed by atoms with Gasteiger partial charge in [-0.05, 0) is 37.6 Å². The molecule has 0 saturated carbocycles. The van der Waals surface area contributed by atoms with Crippen LogP contribution >= 0.6 is 11.6 Å². The number of amides is 1. The van der Waals surface area contributed by atoms with Crippen molar-refractivity contribution in [1.29, 1.82) is 0 Å². The summed E-state index contributed by atoms with van der Waals surface area (Å²) in [5.41, 5.74) is 1.01. The van der Waals surface area contributed by atoms with Crippen LogP contribution in [0.25, 0.3) is 0 Å². The number of methoxy groups -OCH3 is 1. The van der Waals surface area contributed by atoms with E-state index in [-0.39, 0.29) is 12.7 Å². The lowest BCUT2D eigenvalue weighted by Gasteiger charge is -2.27. The molecular weight excluding hydrogens is 314 g/mol. The van der Waals surface area contributed by atoms with Crippen molar-refractivity contribution < 1.29 is 14.3 Å². The predicted octanol–water partition coefficient (Wildman–Crippen LogP) is 3.99. The van der Waals surface area contributed by atoms with E-state index in [0.29, 0.717) is 16.3 Å². The van der Waals surface area contributed by atoms with Crippen molar-refractivity contribution in [2.45, 2.75) is 19.4 Å². The van der Waals surface area contributed by atoms with Crippen molar-refractivity contribution in [3.63, 3.8) is 0 Å². The molecule has 1 amide bonds. The fourth-order valence-electron chi connectivity index (χ4n) is 2.16. The summed E-state index contributed by atoms with van der Waals surface area (Å²) in [4.78, 5) is 12.5. The number of halogens is 1. The molecule has 0 aliphatic heterocycles. The summed E-state index contributed by atoms with van der Waals surface area (Å²) in [6, 6.07) is 14.7. The first-order valence-electron chi connectivity index (χ1n) is 7.23. The first-order chi connectivity index (χ1) is 10.9. The van der Waals surface area contributed by atoms with Gasteiger partial charge in [0.2, 0.25) is 0 Å². The van der Waals surface area contributed by atoms with Crippen molar-refractivity contribution >= 4 is 17.5 Å². The largest absolute Gasteiger partial charge is 0.466 e. The molecule has 0 unspecified atom stereocenters. The van der Waals surface area contributed by atoms with Crippen LogP contribution in [0.15, 0.2) is 48.5 Å². The second kappa shape index (κ2) is 7.49. The first kappa shape index (κ1) is 17.3. The lowest BCUT2D eigenvalue weighted by Crippen LogP contribution is -2.40. The molecule has 1 N–H and O–H groups in total. The quantitative estimate of drug-likeness (QED) is 0.813. The Balaban J connectivity index is 2.13. The van der Waals surface area contributed by atoms with Gasteiger partial charge in [-0.1, -0.05) is 41.9 Å². The molecule has 0 atom stereocenters. The highest BCUT2D eigenvalue weighted by Gasteiger charge is 2.23. The van der Waals surface area contributed by atoms with Crippen molar-refractivity contribution in [3.05, 3.63) is 64.7 Å². The van der Waals surface area contributed by atoms with Crippen LogP contribution in [0.1, 0.15) is 29.8 Å². The van der Waals surface area contributed by atoms with Gasteiger partial charge in [-0.3, -0.25) is 4.79 Å². The third kappa shape index (κ3) is 4.47. The monoisotopic (exact) mass is 333 g/mol. The second-order valence-electron chi connectivity index (χ2n) is 5.64. The van der Waals surface area contributed by atoms with Gasteiger partial charge >= 0.3 is 0 Å². The highest BCUT2D eigenvalue weighted by molar-refractivity contribution is 6.32. The van der Waals surface area contributed by atoms with Gasteiger partial charge in [0.15, 0.2) is 6.79 Å². The molecule has 0 spiro atoms. The van der Waals surface area contributed by atoms with Crippen LogP contribution in [-0.2, 0) is 10.3 Å². The fourth-order valence-corrected chi connectivity index (χ4v) is 2.40. The van der Waals surface area contributed by atoms with Crippen LogP contribution < -0.4 is 10.1 Å². The SMILES string of the molecule is COCOc1ccc(C(=O)NC(C)(C)c2ccccc2)cc1Cl. The summed E-state index contributed by atoms with van der Waals surface area (Å²) in [6.45, 7) is 4.02. The minimum absolute atomic E-state index is 0.103. The van der Waals surface area contributed by atoms with Crippen LogP contribution in [0.5, 0.6) is 5.75 Å². The fraction of sp³-hybridized carbons (Fsp3) is 0.278. The van der Waals surface area contributed by atoms with Crippen LogP contribution in [-0.4, -0.2) is 19.8 Å². The number of hydrogen-bond acceptors (Lipinski definition) is 3. The molecule has 0 fully saturated rings. The Labute approximate surface area is 141 Å². The predicted molar refractivity (Wildman–Crippen MR) is 90.9 cm³/mol. The average molecular weight is 334 g/mol. The maximum Gasteiger partial charge on any atom is 0.252 e. The Morgan fingerprint density at radius 2 is 1.87 bits per heavy atom. The molecule has 5 heteroatoms. The average Bonchev–Trinajstić information content (AvgIpc) is 2.54. The van der Waals surface area contributed by atoms with Gasteiger partial charge < -0.3 is 14.8 Å². The number of carbonyl (C=O) groups is 1. The van der Waals surface area contributed by atoms with E-state index in [0.717, 1.165) is 5.56 Å². The Kier molecular flexibility index (Phi) is 5.64. The van der Waals surface area contributed by atoms with E-state index in [4.69, 9.17) is 21.1 Å². The minimum Gasteiger partial charge on any atom is -0.466 e. The topological polar surface area (TPSA) is 47.6 Å². The Hall–Kier alpha value is -2.04. The molecule has 2 rings (SSSR count). The maximum atomic E-state index is 12.5. The zero-order chi connectivity index (χ0) is 16.9. The molecule has 0 aliphatic rings. The van der Waals surface area contributed by atoms with Crippen LogP contribution in [0.2, 0.25) is 5.02 Å². The van der Waals surface area contributed by atoms with Crippen LogP contribution in [0.3, 0.4) is 0 Å². The van der Waals surface area contributed by atoms with Gasteiger partial charge in [0, 0.05) is 12.7 Å². The Bertz CT molecular complexity index is 671. The molecule has 0 saturated heterocycles. The maximum absolute atomic E-state index is 12.5. The van der Waals surface area contributed by atoms with Gasteiger partial charge in [0.25, 0.3) is 5.91 Å². The lowest BCUT2D eigenvalue weighted by atomic mass is 9.94. The molecule has 0 radical (unpaired) electrons. The lowest BCUT2D eigenvalue weighted by molar-refractivity contribution is 0.0512. The van der Waals surface area contributed by atoms with E-state index in [1.165, 1.54) is 7.11 Å². The second-order valence-corrected chi connectivity index (χ2v) is 6.05. The summed E-state index contributed by atoms with van der Waals surface area (Å²) in [5.74, 6) is 0.284. The number of nitrogens with one attached hydrogen (secondary N) is 1. The van der Waals surface area contributed by atoms with Crippen molar-refractivity contribution in [2.24, 2.45) is 0 Å². The standard InChI is InChI=1S/C18H20ClNO3/c1-18(2,14-7-5-4-6-8-14)20-17(21)13-9-10-16(15(19)11-13)23-12-22-3/h4-11H,12H2,1-3H3,(H,20,21). The third-order valence-electron chi connectivity index (χ3n) is 3.45. The zero-order valence-corrected chi connectivity index (χ0v) is 14.2. The molecule has 122 valence electrons. The molecule has 4 nitrogen and oxygen atoms in total. The van der Waals surface area contributed by atoms with E-state index in [1.54, 1.807) is 18.2 Å². The van der Waals surface area contributed by atoms with E-state index >= 15 is 0 Å². The summed E-state index contributed by atoms with van der Waals surface area (Å²) >= 11 is 6.14. The van der Waals surface area contributed by atoms with Crippen molar-refractivity contribution in [2.75, 3.05) is 13.9 Å². The summed E-state index contributed by atoms with van der Waals surface area (Å²) < 4.78 is 10.1. The molecule has 0 aromatic heterocycles. The number of hydrogen-bond donors (Lipinski definition) is 1. The van der Waals surface area contributed by atoms with Crippen LogP contribution in [0.4, 0.5) is 0 Å². The zero-order valence-electron chi connectivity index (χ0n) is 13.4. The molecule has 0 bridgehead atoms. The van der Waals surface area contributed by atoms with E-state index < -0.39 is 5.54 Å². The summed E-state index contributed by atoms with van der Waals surface area (Å²) in [5, 5.41) is 3.38. The van der Waals surface area contributed by atoms with E-state index in [9.17, 15) is 4.79 Å². The van der Waals surface area contributed by atoms with Gasteiger partial charge in [-0.15, -0.1) is 0 Å².